The van der Waals surface area contributed by atoms with Gasteiger partial charge in [0.1, 0.15) is 24.6 Å². The minimum atomic E-state index is -1.50. The topological polar surface area (TPSA) is 90.2 Å². The second-order valence-electron chi connectivity index (χ2n) is 6.36. The number of rotatable bonds is 3. The second-order valence-corrected chi connectivity index (χ2v) is 6.77. The van der Waals surface area contributed by atoms with E-state index < -0.39 is 24.4 Å². The molecule has 5 nitrogen and oxygen atoms in total. The number of hydrogen-bond donors (Lipinski definition) is 4. The molecule has 1 aliphatic heterocycles. The summed E-state index contributed by atoms with van der Waals surface area (Å²) < 4.78 is 5.48. The fourth-order valence-corrected chi connectivity index (χ4v) is 3.22. The monoisotopic (exact) mass is 386 g/mol. The summed E-state index contributed by atoms with van der Waals surface area (Å²) in [6, 6.07) is 12.6. The maximum absolute atomic E-state index is 10.3. The van der Waals surface area contributed by atoms with E-state index in [1.807, 2.05) is 24.3 Å². The van der Waals surface area contributed by atoms with Gasteiger partial charge in [-0.2, -0.15) is 0 Å². The van der Waals surface area contributed by atoms with Crippen LogP contribution >= 0.6 is 11.6 Å². The highest BCUT2D eigenvalue weighted by Gasteiger charge is 2.42. The Morgan fingerprint density at radius 3 is 2.41 bits per heavy atom. The van der Waals surface area contributed by atoms with Gasteiger partial charge in [-0.05, 0) is 41.3 Å². The molecule has 1 heterocycles. The highest BCUT2D eigenvalue weighted by molar-refractivity contribution is 6.31. The van der Waals surface area contributed by atoms with Crippen LogP contribution in [0.2, 0.25) is 5.02 Å². The Bertz CT molecular complexity index is 884. The van der Waals surface area contributed by atoms with Crippen LogP contribution in [0.15, 0.2) is 54.5 Å². The van der Waals surface area contributed by atoms with Gasteiger partial charge in [0, 0.05) is 10.6 Å². The molecule has 0 aliphatic carbocycles. The maximum Gasteiger partial charge on any atom is 0.162 e. The summed E-state index contributed by atoms with van der Waals surface area (Å²) in [5.74, 6) is 2.35. The van der Waals surface area contributed by atoms with Crippen molar-refractivity contribution in [1.82, 2.24) is 0 Å². The van der Waals surface area contributed by atoms with Gasteiger partial charge in [-0.15, -0.1) is 6.42 Å². The fraction of sp³-hybridized carbons (Fsp3) is 0.238. The lowest BCUT2D eigenvalue weighted by atomic mass is 9.91. The third-order valence-electron chi connectivity index (χ3n) is 4.58. The third kappa shape index (κ3) is 3.95. The first-order valence-electron chi connectivity index (χ1n) is 8.33. The van der Waals surface area contributed by atoms with E-state index in [0.717, 1.165) is 16.7 Å². The van der Waals surface area contributed by atoms with Gasteiger partial charge in [0.2, 0.25) is 0 Å². The van der Waals surface area contributed by atoms with Gasteiger partial charge in [0.15, 0.2) is 11.9 Å². The summed E-state index contributed by atoms with van der Waals surface area (Å²) in [6.07, 6.45) is 1.17. The van der Waals surface area contributed by atoms with Crippen LogP contribution in [0.25, 0.3) is 0 Å². The van der Waals surface area contributed by atoms with Crippen LogP contribution in [0.5, 0.6) is 0 Å². The Kier molecular flexibility index (Phi) is 5.73. The maximum atomic E-state index is 10.3. The van der Waals surface area contributed by atoms with Crippen LogP contribution in [0.3, 0.4) is 0 Å². The molecule has 4 atom stereocenters. The fourth-order valence-electron chi connectivity index (χ4n) is 3.04. The molecule has 0 spiro atoms. The van der Waals surface area contributed by atoms with E-state index >= 15 is 0 Å². The molecule has 4 N–H and O–H groups in total. The summed E-state index contributed by atoms with van der Waals surface area (Å²) in [5.41, 5.74) is 3.15. The molecule has 1 aliphatic rings. The Morgan fingerprint density at radius 1 is 1.07 bits per heavy atom. The zero-order valence-corrected chi connectivity index (χ0v) is 15.0. The second kappa shape index (κ2) is 8.03. The molecule has 1 fully saturated rings. The van der Waals surface area contributed by atoms with E-state index in [9.17, 15) is 20.4 Å². The Hall–Kier alpha value is -2.49. The summed E-state index contributed by atoms with van der Waals surface area (Å²) in [7, 11) is 0. The van der Waals surface area contributed by atoms with Crippen molar-refractivity contribution >= 4 is 11.6 Å². The van der Waals surface area contributed by atoms with Crippen LogP contribution in [-0.4, -0.2) is 38.7 Å². The largest absolute Gasteiger partial charge is 0.512 e. The number of hydrogen-bond acceptors (Lipinski definition) is 5. The first-order valence-corrected chi connectivity index (χ1v) is 8.71. The summed E-state index contributed by atoms with van der Waals surface area (Å²) in [6.45, 7) is 0. The molecule has 0 amide bonds. The Labute approximate surface area is 162 Å². The van der Waals surface area contributed by atoms with Crippen molar-refractivity contribution in [3.8, 4) is 12.3 Å². The number of benzene rings is 2. The van der Waals surface area contributed by atoms with Crippen LogP contribution in [0.4, 0.5) is 0 Å². The van der Waals surface area contributed by atoms with Crippen molar-refractivity contribution in [3.05, 3.63) is 81.8 Å². The zero-order valence-electron chi connectivity index (χ0n) is 14.3. The number of terminal acetylenes is 1. The predicted octanol–water partition coefficient (Wildman–Crippen LogP) is 2.47. The van der Waals surface area contributed by atoms with Crippen molar-refractivity contribution < 1.29 is 25.2 Å². The molecule has 3 rings (SSSR count). The molecule has 6 heteroatoms. The number of aliphatic hydroxyl groups excluding tert-OH is 4. The van der Waals surface area contributed by atoms with Crippen molar-refractivity contribution in [1.29, 1.82) is 0 Å². The molecule has 2 aromatic rings. The molecule has 0 bridgehead atoms. The quantitative estimate of drug-likeness (QED) is 0.480. The summed E-state index contributed by atoms with van der Waals surface area (Å²) >= 11 is 6.31. The van der Waals surface area contributed by atoms with E-state index in [0.29, 0.717) is 23.3 Å². The Balaban J connectivity index is 1.89. The van der Waals surface area contributed by atoms with Crippen LogP contribution < -0.4 is 0 Å². The minimum Gasteiger partial charge on any atom is -0.512 e. The van der Waals surface area contributed by atoms with Crippen molar-refractivity contribution in [2.24, 2.45) is 0 Å². The van der Waals surface area contributed by atoms with Crippen LogP contribution in [0, 0.1) is 12.3 Å². The van der Waals surface area contributed by atoms with E-state index in [1.54, 1.807) is 18.2 Å². The average Bonchev–Trinajstić information content (AvgIpc) is 2.69. The smallest absolute Gasteiger partial charge is 0.162 e. The standard InChI is InChI=1S/C21H19ClO5/c1-2-12-3-5-13(6-4-12)9-15-10-14(7-8-16(15)22)21-20(26)19(25)18(24)17(11-23)27-21/h1,3-8,10-11,18-21,23-26H,9H2/b17-11+/t18-,19?,20-,21+/m1/s1. The van der Waals surface area contributed by atoms with E-state index in [1.165, 1.54) is 0 Å². The highest BCUT2D eigenvalue weighted by atomic mass is 35.5. The molecule has 27 heavy (non-hydrogen) atoms. The SMILES string of the molecule is C#Cc1ccc(Cc2cc([C@@H]3O/C(=C/O)[C@@H](O)C(O)[C@H]3O)ccc2Cl)cc1. The number of aliphatic hydroxyl groups is 4. The van der Waals surface area contributed by atoms with Gasteiger partial charge in [0.05, 0.1) is 0 Å². The molecule has 0 radical (unpaired) electrons. The van der Waals surface area contributed by atoms with Gasteiger partial charge < -0.3 is 25.2 Å². The molecule has 1 saturated heterocycles. The third-order valence-corrected chi connectivity index (χ3v) is 4.95. The first kappa shape index (κ1) is 19.3. The summed E-state index contributed by atoms with van der Waals surface area (Å²) in [4.78, 5) is 0. The lowest BCUT2D eigenvalue weighted by Crippen LogP contribution is -2.47. The molecule has 2 aromatic carbocycles. The van der Waals surface area contributed by atoms with Crippen molar-refractivity contribution in [3.63, 3.8) is 0 Å². The molecule has 0 aromatic heterocycles. The number of halogens is 1. The average molecular weight is 387 g/mol. The summed E-state index contributed by atoms with van der Waals surface area (Å²) in [5, 5.41) is 39.8. The minimum absolute atomic E-state index is 0.209. The first-order chi connectivity index (χ1) is 12.9. The van der Waals surface area contributed by atoms with Crippen LogP contribution in [-0.2, 0) is 11.2 Å². The number of ether oxygens (including phenoxy) is 1. The van der Waals surface area contributed by atoms with Gasteiger partial charge in [-0.25, -0.2) is 0 Å². The van der Waals surface area contributed by atoms with E-state index in [4.69, 9.17) is 22.8 Å². The highest BCUT2D eigenvalue weighted by Crippen LogP contribution is 2.35. The lowest BCUT2D eigenvalue weighted by molar-refractivity contribution is -0.159. The normalized spacial score (nSPS) is 26.4. The molecular weight excluding hydrogens is 368 g/mol. The molecule has 1 unspecified atom stereocenters. The molecule has 0 saturated carbocycles. The van der Waals surface area contributed by atoms with Crippen molar-refractivity contribution in [2.45, 2.75) is 30.8 Å². The van der Waals surface area contributed by atoms with Gasteiger partial charge >= 0.3 is 0 Å². The van der Waals surface area contributed by atoms with Gasteiger partial charge in [-0.1, -0.05) is 41.8 Å². The van der Waals surface area contributed by atoms with Gasteiger partial charge in [0.25, 0.3) is 0 Å². The predicted molar refractivity (Wildman–Crippen MR) is 101 cm³/mol. The van der Waals surface area contributed by atoms with E-state index in [-0.39, 0.29) is 5.76 Å². The van der Waals surface area contributed by atoms with E-state index in [2.05, 4.69) is 5.92 Å². The zero-order chi connectivity index (χ0) is 19.6. The van der Waals surface area contributed by atoms with Gasteiger partial charge in [-0.3, -0.25) is 0 Å². The molecule has 140 valence electrons. The lowest BCUT2D eigenvalue weighted by Gasteiger charge is -2.37. The van der Waals surface area contributed by atoms with Crippen LogP contribution in [0.1, 0.15) is 28.4 Å². The van der Waals surface area contributed by atoms with Crippen molar-refractivity contribution in [2.75, 3.05) is 0 Å². The Morgan fingerprint density at radius 2 is 1.78 bits per heavy atom. The molecular formula is C21H19ClO5.